The van der Waals surface area contributed by atoms with Gasteiger partial charge in [-0.2, -0.15) is 18.3 Å². The normalized spacial score (nSPS) is 20.8. The smallest absolute Gasteiger partial charge is 0.388 e. The molecule has 4 aromatic rings. The molecule has 3 atom stereocenters. The summed E-state index contributed by atoms with van der Waals surface area (Å²) in [5, 5.41) is 16.8. The number of benzene rings is 1. The van der Waals surface area contributed by atoms with Gasteiger partial charge < -0.3 is 15.3 Å². The first-order valence-corrected chi connectivity index (χ1v) is 14.3. The summed E-state index contributed by atoms with van der Waals surface area (Å²) in [7, 11) is 0. The Balaban J connectivity index is 1.30. The van der Waals surface area contributed by atoms with Crippen molar-refractivity contribution in [1.82, 2.24) is 29.6 Å². The number of pyridine rings is 1. The van der Waals surface area contributed by atoms with E-state index in [-0.39, 0.29) is 47.7 Å². The minimum absolute atomic E-state index is 0.175. The van der Waals surface area contributed by atoms with E-state index in [1.54, 1.807) is 25.4 Å². The average Bonchev–Trinajstić information content (AvgIpc) is 3.33. The fraction of sp³-hybridized carbons (Fsp3) is 0.387. The van der Waals surface area contributed by atoms with Gasteiger partial charge in [0, 0.05) is 36.3 Å². The minimum Gasteiger partial charge on any atom is -0.388 e. The zero-order valence-corrected chi connectivity index (χ0v) is 24.9. The predicted molar refractivity (Wildman–Crippen MR) is 156 cm³/mol. The zero-order chi connectivity index (χ0) is 32.4. The molecule has 11 nitrogen and oxygen atoms in total. The Morgan fingerprint density at radius 1 is 1.07 bits per heavy atom. The molecule has 234 valence electrons. The number of hydrogen-bond donors (Lipinski definition) is 2. The van der Waals surface area contributed by atoms with Crippen molar-refractivity contribution in [3.8, 4) is 11.1 Å². The molecule has 1 aliphatic carbocycles. The molecule has 14 heteroatoms. The number of aliphatic hydroxyl groups excluding tert-OH is 1. The number of rotatable bonds is 7. The molecule has 1 unspecified atom stereocenters. The number of fused-ring (bicyclic) bond motifs is 2. The van der Waals surface area contributed by atoms with Gasteiger partial charge in [-0.25, -0.2) is 15.0 Å². The van der Waals surface area contributed by atoms with Crippen LogP contribution in [-0.4, -0.2) is 64.4 Å². The maximum Gasteiger partial charge on any atom is 0.433 e. The summed E-state index contributed by atoms with van der Waals surface area (Å²) < 4.78 is 41.3. The summed E-state index contributed by atoms with van der Waals surface area (Å²) in [6.45, 7) is 6.17. The highest BCUT2D eigenvalue weighted by Gasteiger charge is 2.64. The average molecular weight is 622 g/mol. The number of anilines is 1. The second-order valence-electron chi connectivity index (χ2n) is 12.0. The number of halogens is 3. The summed E-state index contributed by atoms with van der Waals surface area (Å²) in [6, 6.07) is 4.60. The standard InChI is InChI=1S/C31H30F3N7O4/c1-15-5-6-22(31(32,33)34)37-28(15)38-29(45)21-9-30(4)10-23(30)41(21)25(44)13-40-27-16(2)7-18(8-20(27)26(39-40)17(3)43)19-11-35-24(14-42)36-12-19/h5-8,11-12,21,23,42H,9-10,13-14H2,1-4H3,(H,37,38,45)/t21-,23?,30-/m0/s1. The highest BCUT2D eigenvalue weighted by Crippen LogP contribution is 2.59. The lowest BCUT2D eigenvalue weighted by molar-refractivity contribution is -0.141. The molecule has 1 saturated carbocycles. The molecule has 45 heavy (non-hydrogen) atoms. The van der Waals surface area contributed by atoms with E-state index in [2.05, 4.69) is 25.4 Å². The second kappa shape index (κ2) is 10.7. The first-order valence-electron chi connectivity index (χ1n) is 14.3. The molecule has 6 rings (SSSR count). The van der Waals surface area contributed by atoms with Gasteiger partial charge in [0.25, 0.3) is 0 Å². The Hall–Kier alpha value is -4.72. The number of ketones is 1. The lowest BCUT2D eigenvalue weighted by Crippen LogP contribution is -2.47. The van der Waals surface area contributed by atoms with Crippen LogP contribution in [0.2, 0.25) is 0 Å². The molecule has 0 bridgehead atoms. The summed E-state index contributed by atoms with van der Waals surface area (Å²) in [5.41, 5.74) is 1.82. The summed E-state index contributed by atoms with van der Waals surface area (Å²) in [4.78, 5) is 53.4. The monoisotopic (exact) mass is 621 g/mol. The number of amides is 2. The van der Waals surface area contributed by atoms with Crippen LogP contribution in [0.5, 0.6) is 0 Å². The predicted octanol–water partition coefficient (Wildman–Crippen LogP) is 4.24. The van der Waals surface area contributed by atoms with E-state index in [0.29, 0.717) is 34.9 Å². The Labute approximate surface area is 255 Å². The number of piperidine rings is 1. The lowest BCUT2D eigenvalue weighted by atomic mass is 10.0. The van der Waals surface area contributed by atoms with Gasteiger partial charge in [-0.05, 0) is 67.0 Å². The van der Waals surface area contributed by atoms with E-state index in [4.69, 9.17) is 0 Å². The minimum atomic E-state index is -4.68. The molecule has 1 saturated heterocycles. The third-order valence-corrected chi connectivity index (χ3v) is 8.69. The van der Waals surface area contributed by atoms with Crippen molar-refractivity contribution in [1.29, 1.82) is 0 Å². The van der Waals surface area contributed by atoms with Crippen LogP contribution < -0.4 is 5.32 Å². The van der Waals surface area contributed by atoms with Gasteiger partial charge in [0.1, 0.15) is 36.4 Å². The van der Waals surface area contributed by atoms with Gasteiger partial charge in [-0.3, -0.25) is 19.1 Å². The molecule has 0 radical (unpaired) electrons. The number of aryl methyl sites for hydroxylation is 2. The number of likely N-dealkylation sites (tertiary alicyclic amines) is 1. The first-order chi connectivity index (χ1) is 21.2. The Morgan fingerprint density at radius 2 is 1.78 bits per heavy atom. The summed E-state index contributed by atoms with van der Waals surface area (Å²) >= 11 is 0. The lowest BCUT2D eigenvalue weighted by Gasteiger charge is -2.27. The Bertz CT molecular complexity index is 1870. The van der Waals surface area contributed by atoms with Crippen molar-refractivity contribution in [3.63, 3.8) is 0 Å². The van der Waals surface area contributed by atoms with Gasteiger partial charge >= 0.3 is 6.18 Å². The highest BCUT2D eigenvalue weighted by molar-refractivity contribution is 6.07. The number of nitrogens with one attached hydrogen (secondary N) is 1. The van der Waals surface area contributed by atoms with E-state index >= 15 is 0 Å². The highest BCUT2D eigenvalue weighted by atomic mass is 19.4. The number of aromatic nitrogens is 5. The zero-order valence-electron chi connectivity index (χ0n) is 24.9. The number of hydrogen-bond acceptors (Lipinski definition) is 8. The van der Waals surface area contributed by atoms with Crippen molar-refractivity contribution in [2.24, 2.45) is 5.41 Å². The molecule has 1 aliphatic heterocycles. The van der Waals surface area contributed by atoms with Crippen LogP contribution >= 0.6 is 0 Å². The molecule has 4 heterocycles. The van der Waals surface area contributed by atoms with Crippen molar-refractivity contribution < 1.29 is 32.7 Å². The van der Waals surface area contributed by atoms with Crippen LogP contribution in [0.15, 0.2) is 36.7 Å². The van der Waals surface area contributed by atoms with Crippen LogP contribution in [0, 0.1) is 19.3 Å². The van der Waals surface area contributed by atoms with Crippen LogP contribution in [0.25, 0.3) is 22.0 Å². The fourth-order valence-corrected chi connectivity index (χ4v) is 6.24. The third kappa shape index (κ3) is 5.43. The van der Waals surface area contributed by atoms with Crippen LogP contribution in [-0.2, 0) is 28.9 Å². The topological polar surface area (TPSA) is 143 Å². The van der Waals surface area contributed by atoms with Crippen molar-refractivity contribution in [2.75, 3.05) is 5.32 Å². The van der Waals surface area contributed by atoms with Gasteiger partial charge in [-0.1, -0.05) is 13.0 Å². The molecule has 2 aliphatic rings. The molecule has 2 N–H and O–H groups in total. The Kier molecular flexibility index (Phi) is 7.22. The van der Waals surface area contributed by atoms with E-state index in [9.17, 15) is 32.7 Å². The Morgan fingerprint density at radius 3 is 2.42 bits per heavy atom. The number of carbonyl (C=O) groups is 3. The van der Waals surface area contributed by atoms with Gasteiger partial charge in [-0.15, -0.1) is 0 Å². The van der Waals surface area contributed by atoms with E-state index in [1.165, 1.54) is 22.6 Å². The van der Waals surface area contributed by atoms with Crippen molar-refractivity contribution in [3.05, 3.63) is 65.0 Å². The summed E-state index contributed by atoms with van der Waals surface area (Å²) in [5.74, 6) is -1.25. The van der Waals surface area contributed by atoms with E-state index < -0.39 is 29.7 Å². The second-order valence-corrected chi connectivity index (χ2v) is 12.0. The summed E-state index contributed by atoms with van der Waals surface area (Å²) in [6.07, 6.45) is -0.489. The quantitative estimate of drug-likeness (QED) is 0.292. The van der Waals surface area contributed by atoms with E-state index in [1.807, 2.05) is 19.9 Å². The first kappa shape index (κ1) is 30.3. The maximum atomic E-state index is 13.9. The molecule has 1 aromatic carbocycles. The number of alkyl halides is 3. The van der Waals surface area contributed by atoms with Crippen molar-refractivity contribution in [2.45, 2.75) is 71.9 Å². The molecule has 0 spiro atoms. The molecular weight excluding hydrogens is 591 g/mol. The molecule has 3 aromatic heterocycles. The third-order valence-electron chi connectivity index (χ3n) is 8.69. The number of carbonyl (C=O) groups excluding carboxylic acids is 3. The number of Topliss-reactive ketones (excluding diaryl/α,β-unsaturated/α-hetero) is 1. The van der Waals surface area contributed by atoms with Gasteiger partial charge in [0.05, 0.1) is 5.52 Å². The molecule has 2 fully saturated rings. The number of nitrogens with zero attached hydrogens (tertiary/aromatic N) is 6. The van der Waals surface area contributed by atoms with Crippen molar-refractivity contribution >= 4 is 34.3 Å². The molecular formula is C31H30F3N7O4. The number of aliphatic hydroxyl groups is 1. The largest absolute Gasteiger partial charge is 0.433 e. The van der Waals surface area contributed by atoms with Crippen LogP contribution in [0.4, 0.5) is 19.0 Å². The maximum absolute atomic E-state index is 13.9. The van der Waals surface area contributed by atoms with Gasteiger partial charge in [0.15, 0.2) is 11.6 Å². The van der Waals surface area contributed by atoms with Gasteiger partial charge in [0.2, 0.25) is 11.8 Å². The van der Waals surface area contributed by atoms with Crippen LogP contribution in [0.1, 0.15) is 59.8 Å². The SMILES string of the molecule is CC(=O)c1nn(CC(=O)N2C3C[C@]3(C)C[C@H]2C(=O)Nc2nc(C(F)(F)F)ccc2C)c2c(C)cc(-c3cnc(CO)nc3)cc12. The van der Waals surface area contributed by atoms with Crippen LogP contribution in [0.3, 0.4) is 0 Å². The fourth-order valence-electron chi connectivity index (χ4n) is 6.24. The molecule has 2 amide bonds. The van der Waals surface area contributed by atoms with E-state index in [0.717, 1.165) is 17.2 Å².